The number of aliphatic hydroxyl groups excluding tert-OH is 2. The molecule has 4 saturated heterocycles. The van der Waals surface area contributed by atoms with E-state index in [0.717, 1.165) is 0 Å². The van der Waals surface area contributed by atoms with Crippen molar-refractivity contribution in [1.82, 2.24) is 10.2 Å². The van der Waals surface area contributed by atoms with Crippen molar-refractivity contribution in [3.63, 3.8) is 0 Å². The number of rotatable bonds is 2. The van der Waals surface area contributed by atoms with Gasteiger partial charge < -0.3 is 35.6 Å². The maximum Gasteiger partial charge on any atom is 0.195 e. The van der Waals surface area contributed by atoms with Crippen LogP contribution in [0.3, 0.4) is 0 Å². The largest absolute Gasteiger partial charge is 0.387 e. The number of hydrogen-bond acceptors (Lipinski definition) is 6. The van der Waals surface area contributed by atoms with Crippen molar-refractivity contribution in [1.29, 1.82) is 0 Å². The molecule has 8 heteroatoms. The molecule has 18 heavy (non-hydrogen) atoms. The topological polar surface area (TPSA) is 100 Å². The van der Waals surface area contributed by atoms with Gasteiger partial charge in [0.1, 0.15) is 17.8 Å². The van der Waals surface area contributed by atoms with Crippen molar-refractivity contribution in [2.45, 2.75) is 23.5 Å². The number of nitrogens with one attached hydrogen (secondary N) is 1. The molecule has 2 unspecified atom stereocenters. The highest BCUT2D eigenvalue weighted by atomic mass is 32.1. The van der Waals surface area contributed by atoms with Crippen LogP contribution in [0.15, 0.2) is 0 Å². The lowest BCUT2D eigenvalue weighted by Gasteiger charge is -2.59. The first-order valence-electron chi connectivity index (χ1n) is 5.95. The summed E-state index contributed by atoms with van der Waals surface area (Å²) in [7, 11) is 0. The summed E-state index contributed by atoms with van der Waals surface area (Å²) in [5.74, 6) is 0. The minimum atomic E-state index is -1.10. The molecule has 4 rings (SSSR count). The fourth-order valence-corrected chi connectivity index (χ4v) is 3.19. The van der Waals surface area contributed by atoms with Crippen LogP contribution in [0.1, 0.15) is 0 Å². The second-order valence-electron chi connectivity index (χ2n) is 4.96. The molecule has 5 N–H and O–H groups in total. The van der Waals surface area contributed by atoms with Crippen LogP contribution < -0.4 is 11.1 Å². The first-order valence-corrected chi connectivity index (χ1v) is 6.36. The predicted molar refractivity (Wildman–Crippen MR) is 65.7 cm³/mol. The fourth-order valence-electron chi connectivity index (χ4n) is 2.84. The van der Waals surface area contributed by atoms with Crippen molar-refractivity contribution < 1.29 is 19.7 Å². The molecule has 0 radical (unpaired) electrons. The summed E-state index contributed by atoms with van der Waals surface area (Å²) >= 11 is 5.19. The van der Waals surface area contributed by atoms with E-state index in [0.29, 0.717) is 18.2 Å². The van der Waals surface area contributed by atoms with E-state index in [-0.39, 0.29) is 19.8 Å². The minimum Gasteiger partial charge on any atom is -0.387 e. The molecule has 4 heterocycles. The van der Waals surface area contributed by atoms with Crippen LogP contribution in [0.4, 0.5) is 0 Å². The van der Waals surface area contributed by atoms with Crippen LogP contribution >= 0.6 is 12.2 Å². The number of aliphatic hydroxyl groups is 2. The Hall–Kier alpha value is -0.510. The molecule has 0 amide bonds. The first kappa shape index (κ1) is 12.5. The van der Waals surface area contributed by atoms with E-state index in [2.05, 4.69) is 5.32 Å². The summed E-state index contributed by atoms with van der Waals surface area (Å²) in [6, 6.07) is 0. The van der Waals surface area contributed by atoms with Crippen molar-refractivity contribution >= 4 is 17.3 Å². The molecule has 4 atom stereocenters. The summed E-state index contributed by atoms with van der Waals surface area (Å²) in [6.45, 7) is 1.70. The van der Waals surface area contributed by atoms with Gasteiger partial charge in [0.2, 0.25) is 0 Å². The molecule has 7 nitrogen and oxygen atoms in total. The summed E-state index contributed by atoms with van der Waals surface area (Å²) in [6.07, 6.45) is -2.17. The Bertz CT molecular complexity index is 372. The SMILES string of the molecule is NCC12COC(N3CCNC3=S)(CO1)[C@@H](O)[C@H]2O. The van der Waals surface area contributed by atoms with Gasteiger partial charge in [0, 0.05) is 19.6 Å². The molecule has 0 saturated carbocycles. The number of nitrogens with zero attached hydrogens (tertiary/aromatic N) is 1. The average molecular weight is 275 g/mol. The molecule has 4 aliphatic heterocycles. The van der Waals surface area contributed by atoms with Crippen LogP contribution in [0.2, 0.25) is 0 Å². The zero-order valence-electron chi connectivity index (χ0n) is 9.83. The average Bonchev–Trinajstić information content (AvgIpc) is 2.83. The monoisotopic (exact) mass is 275 g/mol. The zero-order chi connectivity index (χ0) is 13.0. The zero-order valence-corrected chi connectivity index (χ0v) is 10.7. The van der Waals surface area contributed by atoms with E-state index in [1.807, 2.05) is 0 Å². The van der Waals surface area contributed by atoms with E-state index in [9.17, 15) is 10.2 Å². The van der Waals surface area contributed by atoms with Gasteiger partial charge in [-0.3, -0.25) is 0 Å². The predicted octanol–water partition coefficient (Wildman–Crippen LogP) is -2.65. The van der Waals surface area contributed by atoms with Crippen molar-refractivity contribution in [3.8, 4) is 0 Å². The molecule has 102 valence electrons. The van der Waals surface area contributed by atoms with Gasteiger partial charge in [-0.1, -0.05) is 0 Å². The van der Waals surface area contributed by atoms with Gasteiger partial charge in [0.25, 0.3) is 0 Å². The summed E-state index contributed by atoms with van der Waals surface area (Å²) in [4.78, 5) is 1.75. The van der Waals surface area contributed by atoms with E-state index in [1.54, 1.807) is 4.90 Å². The Labute approximate surface area is 110 Å². The Morgan fingerprint density at radius 2 is 2.17 bits per heavy atom. The molecule has 0 aliphatic carbocycles. The van der Waals surface area contributed by atoms with Crippen LogP contribution in [-0.2, 0) is 9.47 Å². The van der Waals surface area contributed by atoms with Crippen molar-refractivity contribution in [2.75, 3.05) is 32.8 Å². The maximum atomic E-state index is 10.4. The molecular weight excluding hydrogens is 258 g/mol. The van der Waals surface area contributed by atoms with Gasteiger partial charge in [-0.2, -0.15) is 0 Å². The Kier molecular flexibility index (Phi) is 2.78. The number of thiocarbonyl (C=S) groups is 1. The van der Waals surface area contributed by atoms with Gasteiger partial charge in [0.05, 0.1) is 13.2 Å². The third kappa shape index (κ3) is 1.38. The van der Waals surface area contributed by atoms with E-state index < -0.39 is 23.5 Å². The summed E-state index contributed by atoms with van der Waals surface area (Å²) in [5.41, 5.74) is 3.52. The smallest absolute Gasteiger partial charge is 0.195 e. The lowest BCUT2D eigenvalue weighted by molar-refractivity contribution is -0.378. The normalized spacial score (nSPS) is 47.5. The van der Waals surface area contributed by atoms with E-state index in [1.165, 1.54) is 0 Å². The second-order valence-corrected chi connectivity index (χ2v) is 5.35. The standard InChI is InChI=1S/C10H17N3O4S/c11-3-9-4-17-10(5-16-9,7(15)6(9)14)13-2-1-12-8(13)18/h6-7,14-15H,1-5,11H2,(H,12,18)/t6-,7+,9?,10?/m1/s1. The van der Waals surface area contributed by atoms with E-state index in [4.69, 9.17) is 27.4 Å². The third-order valence-electron chi connectivity index (χ3n) is 4.09. The van der Waals surface area contributed by atoms with Gasteiger partial charge in [-0.25, -0.2) is 0 Å². The lowest BCUT2D eigenvalue weighted by Crippen LogP contribution is -2.80. The Morgan fingerprint density at radius 3 is 2.67 bits per heavy atom. The van der Waals surface area contributed by atoms with Crippen molar-refractivity contribution in [2.24, 2.45) is 5.73 Å². The number of fused-ring (bicyclic) bond motifs is 3. The van der Waals surface area contributed by atoms with Gasteiger partial charge in [0.15, 0.2) is 10.8 Å². The molecule has 4 aliphatic rings. The maximum absolute atomic E-state index is 10.4. The van der Waals surface area contributed by atoms with Gasteiger partial charge in [-0.15, -0.1) is 0 Å². The Balaban J connectivity index is 1.93. The molecule has 0 aromatic rings. The van der Waals surface area contributed by atoms with Crippen LogP contribution in [0.5, 0.6) is 0 Å². The molecule has 0 aromatic carbocycles. The number of ether oxygens (including phenoxy) is 2. The first-order chi connectivity index (χ1) is 8.56. The minimum absolute atomic E-state index is 0.101. The highest BCUT2D eigenvalue weighted by Crippen LogP contribution is 2.42. The van der Waals surface area contributed by atoms with Gasteiger partial charge >= 0.3 is 0 Å². The van der Waals surface area contributed by atoms with Crippen LogP contribution in [0.25, 0.3) is 0 Å². The Morgan fingerprint density at radius 1 is 1.39 bits per heavy atom. The van der Waals surface area contributed by atoms with E-state index >= 15 is 0 Å². The summed E-state index contributed by atoms with van der Waals surface area (Å²) in [5, 5.41) is 24.1. The molecule has 2 bridgehead atoms. The van der Waals surface area contributed by atoms with Gasteiger partial charge in [-0.05, 0) is 12.2 Å². The molecule has 4 fully saturated rings. The quantitative estimate of drug-likeness (QED) is 0.406. The highest BCUT2D eigenvalue weighted by Gasteiger charge is 2.65. The lowest BCUT2D eigenvalue weighted by atomic mass is 9.81. The van der Waals surface area contributed by atoms with Crippen molar-refractivity contribution in [3.05, 3.63) is 0 Å². The second kappa shape index (κ2) is 3.99. The molecule has 0 spiro atoms. The van der Waals surface area contributed by atoms with Crippen LogP contribution in [0, 0.1) is 0 Å². The summed E-state index contributed by atoms with van der Waals surface area (Å²) < 4.78 is 11.5. The number of nitrogens with two attached hydrogens (primary N) is 1. The molecule has 0 aromatic heterocycles. The highest BCUT2D eigenvalue weighted by molar-refractivity contribution is 7.80. The van der Waals surface area contributed by atoms with Crippen LogP contribution in [-0.4, -0.2) is 76.6 Å². The fraction of sp³-hybridized carbons (Fsp3) is 0.900. The molecular formula is C10H17N3O4S. The number of hydrogen-bond donors (Lipinski definition) is 4. The third-order valence-corrected chi connectivity index (χ3v) is 4.46.